The fourth-order valence-electron chi connectivity index (χ4n) is 3.73. The van der Waals surface area contributed by atoms with Crippen LogP contribution in [-0.4, -0.2) is 37.4 Å². The zero-order valence-electron chi connectivity index (χ0n) is 18.9. The van der Waals surface area contributed by atoms with E-state index in [9.17, 15) is 9.59 Å². The molecule has 8 nitrogen and oxygen atoms in total. The molecule has 1 atom stereocenters. The third-order valence-electron chi connectivity index (χ3n) is 5.48. The predicted octanol–water partition coefficient (Wildman–Crippen LogP) is 4.36. The Labute approximate surface area is 196 Å². The number of hydrogen-bond acceptors (Lipinski definition) is 6. The van der Waals surface area contributed by atoms with E-state index in [1.807, 2.05) is 47.7 Å². The van der Waals surface area contributed by atoms with Gasteiger partial charge < -0.3 is 10.1 Å². The first-order valence-electron chi connectivity index (χ1n) is 11.0. The van der Waals surface area contributed by atoms with Crippen LogP contribution in [-0.2, 0) is 11.3 Å². The molecule has 172 valence electrons. The van der Waals surface area contributed by atoms with E-state index < -0.39 is 5.25 Å². The van der Waals surface area contributed by atoms with Gasteiger partial charge in [0.05, 0.1) is 29.0 Å². The van der Waals surface area contributed by atoms with Crippen LogP contribution in [0.2, 0.25) is 0 Å². The van der Waals surface area contributed by atoms with Gasteiger partial charge in [0.25, 0.3) is 5.56 Å². The van der Waals surface area contributed by atoms with Gasteiger partial charge in [0.2, 0.25) is 11.7 Å². The molecule has 33 heavy (non-hydrogen) atoms. The molecule has 2 heterocycles. The maximum atomic E-state index is 13.1. The van der Waals surface area contributed by atoms with Gasteiger partial charge in [0, 0.05) is 6.54 Å². The van der Waals surface area contributed by atoms with Crippen LogP contribution < -0.4 is 15.6 Å². The lowest BCUT2D eigenvalue weighted by atomic mass is 10.2. The molecule has 9 heteroatoms. The number of benzene rings is 2. The average molecular weight is 466 g/mol. The Kier molecular flexibility index (Phi) is 6.98. The van der Waals surface area contributed by atoms with Crippen molar-refractivity contribution in [3.05, 3.63) is 58.9 Å². The van der Waals surface area contributed by atoms with Crippen molar-refractivity contribution in [1.82, 2.24) is 19.2 Å². The number of para-hydroxylation sites is 3. The summed E-state index contributed by atoms with van der Waals surface area (Å²) in [5, 5.41) is 12.3. The van der Waals surface area contributed by atoms with E-state index in [1.165, 1.54) is 11.8 Å². The standard InChI is InChI=1S/C24H27N5O3S/c1-4-5-10-15-28-22(31)17-11-6-8-13-19(17)29-23(28)26-27-24(29)33-16(2)21(30)25-18-12-7-9-14-20(18)32-3/h6-9,11-14,16H,4-5,10,15H2,1-3H3,(H,25,30). The Morgan fingerprint density at radius 3 is 2.67 bits per heavy atom. The molecular weight excluding hydrogens is 438 g/mol. The zero-order valence-corrected chi connectivity index (χ0v) is 19.8. The Morgan fingerprint density at radius 2 is 1.88 bits per heavy atom. The quantitative estimate of drug-likeness (QED) is 0.292. The van der Waals surface area contributed by atoms with E-state index in [4.69, 9.17) is 4.74 Å². The Hall–Kier alpha value is -3.33. The second kappa shape index (κ2) is 10.1. The van der Waals surface area contributed by atoms with E-state index >= 15 is 0 Å². The number of carbonyl (C=O) groups is 1. The van der Waals surface area contributed by atoms with Crippen LogP contribution in [0, 0.1) is 0 Å². The molecule has 0 fully saturated rings. The van der Waals surface area contributed by atoms with Crippen molar-refractivity contribution in [2.45, 2.75) is 50.1 Å². The molecule has 2 aromatic heterocycles. The van der Waals surface area contributed by atoms with E-state index in [-0.39, 0.29) is 11.5 Å². The summed E-state index contributed by atoms with van der Waals surface area (Å²) in [4.78, 5) is 26.0. The minimum absolute atomic E-state index is 0.0693. The van der Waals surface area contributed by atoms with E-state index in [0.29, 0.717) is 34.3 Å². The largest absolute Gasteiger partial charge is 0.495 e. The van der Waals surface area contributed by atoms with Crippen molar-refractivity contribution < 1.29 is 9.53 Å². The molecule has 0 spiro atoms. The second-order valence-corrected chi connectivity index (χ2v) is 9.06. The Balaban J connectivity index is 1.68. The molecule has 4 aromatic rings. The highest BCUT2D eigenvalue weighted by Gasteiger charge is 2.22. The molecule has 0 saturated heterocycles. The van der Waals surface area contributed by atoms with Crippen molar-refractivity contribution in [1.29, 1.82) is 0 Å². The molecule has 0 saturated carbocycles. The number of aryl methyl sites for hydroxylation is 1. The number of rotatable bonds is 9. The lowest BCUT2D eigenvalue weighted by molar-refractivity contribution is -0.115. The molecule has 4 rings (SSSR count). The van der Waals surface area contributed by atoms with E-state index in [1.54, 1.807) is 23.8 Å². The molecule has 1 amide bonds. The molecule has 1 unspecified atom stereocenters. The van der Waals surface area contributed by atoms with Gasteiger partial charge in [-0.05, 0) is 37.6 Å². The fourth-order valence-corrected chi connectivity index (χ4v) is 4.58. The van der Waals surface area contributed by atoms with Crippen LogP contribution in [0.25, 0.3) is 16.7 Å². The third kappa shape index (κ3) is 4.59. The van der Waals surface area contributed by atoms with Crippen molar-refractivity contribution in [2.24, 2.45) is 0 Å². The molecule has 0 aliphatic rings. The van der Waals surface area contributed by atoms with Crippen molar-refractivity contribution in [3.63, 3.8) is 0 Å². The van der Waals surface area contributed by atoms with Gasteiger partial charge in [0.15, 0.2) is 5.16 Å². The highest BCUT2D eigenvalue weighted by molar-refractivity contribution is 8.00. The first-order chi connectivity index (χ1) is 16.0. The second-order valence-electron chi connectivity index (χ2n) is 7.75. The number of methoxy groups -OCH3 is 1. The number of amides is 1. The normalized spacial score (nSPS) is 12.2. The number of hydrogen-bond donors (Lipinski definition) is 1. The van der Waals surface area contributed by atoms with Gasteiger partial charge in [-0.25, -0.2) is 0 Å². The number of unbranched alkanes of at least 4 members (excludes halogenated alkanes) is 2. The number of aromatic nitrogens is 4. The van der Waals surface area contributed by atoms with Crippen LogP contribution in [0.4, 0.5) is 5.69 Å². The summed E-state index contributed by atoms with van der Waals surface area (Å²) in [7, 11) is 1.57. The smallest absolute Gasteiger partial charge is 0.262 e. The monoisotopic (exact) mass is 465 g/mol. The molecule has 1 N–H and O–H groups in total. The minimum atomic E-state index is -0.457. The molecule has 2 aromatic carbocycles. The van der Waals surface area contributed by atoms with Gasteiger partial charge >= 0.3 is 0 Å². The van der Waals surface area contributed by atoms with Crippen LogP contribution in [0.3, 0.4) is 0 Å². The average Bonchev–Trinajstić information content (AvgIpc) is 3.25. The van der Waals surface area contributed by atoms with Crippen LogP contribution >= 0.6 is 11.8 Å². The SMILES string of the molecule is CCCCCn1c(=O)c2ccccc2n2c(SC(C)C(=O)Nc3ccccc3OC)nnc12. The predicted molar refractivity (Wildman–Crippen MR) is 131 cm³/mol. The highest BCUT2D eigenvalue weighted by atomic mass is 32.2. The molecular formula is C24H27N5O3S. The summed E-state index contributed by atoms with van der Waals surface area (Å²) in [6, 6.07) is 14.7. The van der Waals surface area contributed by atoms with E-state index in [2.05, 4.69) is 22.4 Å². The van der Waals surface area contributed by atoms with Gasteiger partial charge in [-0.15, -0.1) is 10.2 Å². The van der Waals surface area contributed by atoms with Gasteiger partial charge in [0.1, 0.15) is 5.75 Å². The third-order valence-corrected chi connectivity index (χ3v) is 6.52. The van der Waals surface area contributed by atoms with Gasteiger partial charge in [-0.2, -0.15) is 0 Å². The molecule has 0 aliphatic carbocycles. The van der Waals surface area contributed by atoms with Crippen molar-refractivity contribution in [2.75, 3.05) is 12.4 Å². The summed E-state index contributed by atoms with van der Waals surface area (Å²) < 4.78 is 8.89. The molecule has 0 bridgehead atoms. The summed E-state index contributed by atoms with van der Waals surface area (Å²) in [5.41, 5.74) is 1.27. The lowest BCUT2D eigenvalue weighted by Crippen LogP contribution is -2.24. The number of anilines is 1. The number of nitrogens with one attached hydrogen (secondary N) is 1. The van der Waals surface area contributed by atoms with Gasteiger partial charge in [-0.1, -0.05) is 55.8 Å². The summed E-state index contributed by atoms with van der Waals surface area (Å²) in [6.45, 7) is 4.52. The number of carbonyl (C=O) groups excluding carboxylic acids is 1. The molecule has 0 radical (unpaired) electrons. The lowest BCUT2D eigenvalue weighted by Gasteiger charge is -2.14. The van der Waals surface area contributed by atoms with Gasteiger partial charge in [-0.3, -0.25) is 18.6 Å². The highest BCUT2D eigenvalue weighted by Crippen LogP contribution is 2.28. The first kappa shape index (κ1) is 22.8. The Bertz CT molecular complexity index is 1350. The molecule has 0 aliphatic heterocycles. The van der Waals surface area contributed by atoms with Crippen molar-refractivity contribution in [3.8, 4) is 5.75 Å². The zero-order chi connectivity index (χ0) is 23.4. The minimum Gasteiger partial charge on any atom is -0.495 e. The maximum absolute atomic E-state index is 13.1. The fraction of sp³-hybridized carbons (Fsp3) is 0.333. The number of fused-ring (bicyclic) bond motifs is 3. The topological polar surface area (TPSA) is 90.5 Å². The van der Waals surface area contributed by atoms with E-state index in [0.717, 1.165) is 24.8 Å². The van der Waals surface area contributed by atoms with Crippen molar-refractivity contribution >= 4 is 40.0 Å². The number of ether oxygens (including phenoxy) is 1. The van der Waals surface area contributed by atoms with Crippen LogP contribution in [0.1, 0.15) is 33.1 Å². The summed E-state index contributed by atoms with van der Waals surface area (Å²) in [6.07, 6.45) is 2.98. The van der Waals surface area contributed by atoms with Crippen LogP contribution in [0.5, 0.6) is 5.75 Å². The summed E-state index contributed by atoms with van der Waals surface area (Å²) in [5.74, 6) is 0.912. The first-order valence-corrected chi connectivity index (χ1v) is 11.9. The van der Waals surface area contributed by atoms with Crippen LogP contribution in [0.15, 0.2) is 58.5 Å². The number of nitrogens with zero attached hydrogens (tertiary/aromatic N) is 4. The Morgan fingerprint density at radius 1 is 1.12 bits per heavy atom. The summed E-state index contributed by atoms with van der Waals surface area (Å²) >= 11 is 1.30. The maximum Gasteiger partial charge on any atom is 0.262 e. The number of thioether (sulfide) groups is 1.